The third kappa shape index (κ3) is 3.16. The minimum absolute atomic E-state index is 0.0530. The van der Waals surface area contributed by atoms with Crippen LogP contribution < -0.4 is 0 Å². The van der Waals surface area contributed by atoms with Crippen molar-refractivity contribution in [2.24, 2.45) is 5.41 Å². The van der Waals surface area contributed by atoms with E-state index in [2.05, 4.69) is 0 Å². The van der Waals surface area contributed by atoms with Crippen LogP contribution in [-0.4, -0.2) is 33.7 Å². The molecule has 3 fully saturated rings. The van der Waals surface area contributed by atoms with Crippen LogP contribution in [0.5, 0.6) is 0 Å². The van der Waals surface area contributed by atoms with E-state index in [-0.39, 0.29) is 36.4 Å². The van der Waals surface area contributed by atoms with Gasteiger partial charge in [-0.25, -0.2) is 13.6 Å². The fraction of sp³-hybridized carbons (Fsp3) is 0.393. The molecule has 2 aromatic carbocycles. The van der Waals surface area contributed by atoms with Crippen LogP contribution in [0.2, 0.25) is 0 Å². The minimum atomic E-state index is -4.29. The van der Waals surface area contributed by atoms with Crippen LogP contribution in [0.3, 0.4) is 0 Å². The zero-order valence-corrected chi connectivity index (χ0v) is 19.5. The standard InChI is InChI=1S/C28H24F5NO2/c1-15-8-19-18-5-3-2-4-17(18)11-20(19)25(34(15)27-12-26(13-27,14-27)28(31,32)33)24-21(29)9-16(10-22(24)30)6-7-23(35)36/h2-7,9-10,15,25H,8,11-14H2,1H3,(H,35,36)/b7-6+/t15-,25+,26?,27?/m0/s1. The van der Waals surface area contributed by atoms with E-state index in [1.165, 1.54) is 0 Å². The number of hydrogen-bond donors (Lipinski definition) is 1. The van der Waals surface area contributed by atoms with E-state index in [0.29, 0.717) is 12.8 Å². The lowest BCUT2D eigenvalue weighted by atomic mass is 9.37. The second-order valence-corrected chi connectivity index (χ2v) is 10.8. The monoisotopic (exact) mass is 501 g/mol. The Kier molecular flexibility index (Phi) is 4.88. The molecule has 0 saturated heterocycles. The summed E-state index contributed by atoms with van der Waals surface area (Å²) in [7, 11) is 0. The van der Waals surface area contributed by atoms with Gasteiger partial charge in [0, 0.05) is 23.2 Å². The molecule has 2 bridgehead atoms. The van der Waals surface area contributed by atoms with Gasteiger partial charge in [0.1, 0.15) is 11.6 Å². The van der Waals surface area contributed by atoms with Gasteiger partial charge >= 0.3 is 12.1 Å². The maximum atomic E-state index is 15.6. The molecule has 0 amide bonds. The molecule has 0 aromatic heterocycles. The Morgan fingerprint density at radius 1 is 1.11 bits per heavy atom. The molecule has 3 nitrogen and oxygen atoms in total. The number of nitrogens with zero attached hydrogens (tertiary/aromatic N) is 1. The minimum Gasteiger partial charge on any atom is -0.478 e. The highest BCUT2D eigenvalue weighted by Gasteiger charge is 2.81. The van der Waals surface area contributed by atoms with E-state index in [9.17, 15) is 18.0 Å². The number of hydrogen-bond acceptors (Lipinski definition) is 2. The molecule has 7 rings (SSSR count). The third-order valence-electron chi connectivity index (χ3n) is 8.64. The van der Waals surface area contributed by atoms with Crippen molar-refractivity contribution < 1.29 is 31.9 Å². The number of rotatable bonds is 4. The molecular weight excluding hydrogens is 477 g/mol. The van der Waals surface area contributed by atoms with E-state index in [0.717, 1.165) is 46.6 Å². The second kappa shape index (κ2) is 7.51. The molecule has 1 heterocycles. The molecule has 0 spiro atoms. The predicted octanol–water partition coefficient (Wildman–Crippen LogP) is 6.69. The molecule has 8 heteroatoms. The van der Waals surface area contributed by atoms with Crippen molar-refractivity contribution in [3.05, 3.63) is 81.9 Å². The smallest absolute Gasteiger partial charge is 0.394 e. The van der Waals surface area contributed by atoms with Gasteiger partial charge in [-0.1, -0.05) is 24.3 Å². The number of benzene rings is 2. The van der Waals surface area contributed by atoms with Crippen LogP contribution in [0.25, 0.3) is 11.6 Å². The Bertz CT molecular complexity index is 1320. The fourth-order valence-corrected chi connectivity index (χ4v) is 7.27. The Morgan fingerprint density at radius 2 is 1.75 bits per heavy atom. The van der Waals surface area contributed by atoms with Gasteiger partial charge < -0.3 is 5.11 Å². The zero-order valence-electron chi connectivity index (χ0n) is 19.5. The van der Waals surface area contributed by atoms with Crippen LogP contribution in [0.1, 0.15) is 60.9 Å². The number of carboxylic acids is 1. The highest BCUT2D eigenvalue weighted by molar-refractivity contribution is 5.85. The second-order valence-electron chi connectivity index (χ2n) is 10.8. The molecule has 1 N–H and O–H groups in total. The van der Waals surface area contributed by atoms with Crippen LogP contribution in [0, 0.1) is 17.0 Å². The quantitative estimate of drug-likeness (QED) is 0.375. The van der Waals surface area contributed by atoms with E-state index in [1.54, 1.807) is 0 Å². The number of aliphatic carboxylic acids is 1. The summed E-state index contributed by atoms with van der Waals surface area (Å²) in [6.45, 7) is 1.93. The predicted molar refractivity (Wildman–Crippen MR) is 124 cm³/mol. The van der Waals surface area contributed by atoms with E-state index >= 15 is 8.78 Å². The van der Waals surface area contributed by atoms with Gasteiger partial charge in [-0.2, -0.15) is 13.2 Å². The molecular formula is C28H24F5NO2. The number of fused-ring (bicyclic) bond motifs is 2. The highest BCUT2D eigenvalue weighted by Crippen LogP contribution is 2.77. The molecule has 188 valence electrons. The molecule has 4 aliphatic carbocycles. The maximum Gasteiger partial charge on any atom is 0.394 e. The fourth-order valence-electron chi connectivity index (χ4n) is 7.27. The number of halogens is 5. The first-order valence-corrected chi connectivity index (χ1v) is 12.0. The molecule has 36 heavy (non-hydrogen) atoms. The summed E-state index contributed by atoms with van der Waals surface area (Å²) in [5, 5.41) is 8.86. The van der Waals surface area contributed by atoms with Gasteiger partial charge in [0.15, 0.2) is 0 Å². The van der Waals surface area contributed by atoms with Gasteiger partial charge in [-0.05, 0) is 85.1 Å². The zero-order chi connectivity index (χ0) is 25.6. The van der Waals surface area contributed by atoms with Gasteiger partial charge in [0.25, 0.3) is 0 Å². The summed E-state index contributed by atoms with van der Waals surface area (Å²) < 4.78 is 72.3. The first-order valence-electron chi connectivity index (χ1n) is 12.0. The van der Waals surface area contributed by atoms with Crippen molar-refractivity contribution in [3.8, 4) is 0 Å². The van der Waals surface area contributed by atoms with Crippen LogP contribution in [0.15, 0.2) is 48.0 Å². The van der Waals surface area contributed by atoms with Crippen molar-refractivity contribution in [2.75, 3.05) is 0 Å². The largest absolute Gasteiger partial charge is 0.478 e. The normalized spacial score (nSPS) is 31.2. The average Bonchev–Trinajstić information content (AvgIpc) is 3.08. The lowest BCUT2D eigenvalue weighted by molar-refractivity contribution is -0.368. The van der Waals surface area contributed by atoms with E-state index in [4.69, 9.17) is 5.11 Å². The van der Waals surface area contributed by atoms with Crippen LogP contribution in [0.4, 0.5) is 22.0 Å². The van der Waals surface area contributed by atoms with E-state index < -0.39 is 40.8 Å². The lowest BCUT2D eigenvalue weighted by Crippen LogP contribution is -2.80. The summed E-state index contributed by atoms with van der Waals surface area (Å²) in [5.74, 6) is -2.90. The molecule has 2 atom stereocenters. The lowest BCUT2D eigenvalue weighted by Gasteiger charge is -2.76. The molecule has 2 aromatic rings. The Hall–Kier alpha value is -3.00. The summed E-state index contributed by atoms with van der Waals surface area (Å²) in [6, 6.07) is 8.94. The Balaban J connectivity index is 1.47. The van der Waals surface area contributed by atoms with Crippen LogP contribution >= 0.6 is 0 Å². The summed E-state index contributed by atoms with van der Waals surface area (Å²) in [5.41, 5.74) is 1.40. The third-order valence-corrected chi connectivity index (χ3v) is 8.64. The number of alkyl halides is 3. The number of carboxylic acid groups (broad SMARTS) is 1. The molecule has 0 unspecified atom stereocenters. The van der Waals surface area contributed by atoms with Gasteiger partial charge in [0.05, 0.1) is 11.5 Å². The van der Waals surface area contributed by atoms with E-state index in [1.807, 2.05) is 36.1 Å². The van der Waals surface area contributed by atoms with Gasteiger partial charge in [0.2, 0.25) is 0 Å². The van der Waals surface area contributed by atoms with Crippen molar-refractivity contribution >= 4 is 17.6 Å². The van der Waals surface area contributed by atoms with Crippen molar-refractivity contribution in [1.29, 1.82) is 0 Å². The first kappa shape index (κ1) is 23.4. The molecule has 5 aliphatic rings. The van der Waals surface area contributed by atoms with Crippen LogP contribution in [-0.2, 0) is 11.2 Å². The number of carbonyl (C=O) groups is 1. The molecule has 0 radical (unpaired) electrons. The van der Waals surface area contributed by atoms with Crippen molar-refractivity contribution in [2.45, 2.75) is 62.8 Å². The first-order chi connectivity index (χ1) is 16.9. The van der Waals surface area contributed by atoms with Crippen molar-refractivity contribution in [3.63, 3.8) is 0 Å². The van der Waals surface area contributed by atoms with Gasteiger partial charge in [-0.3, -0.25) is 4.90 Å². The summed E-state index contributed by atoms with van der Waals surface area (Å²) in [6.07, 6.45) is -1.44. The SMILES string of the molecule is C[C@H]1CC2=C(Cc3ccccc32)[C@H](c2c(F)cc(/C=C/C(=O)O)cc2F)N1C12CC(C(F)(F)F)(C1)C2. The Labute approximate surface area is 204 Å². The molecule has 1 aliphatic heterocycles. The van der Waals surface area contributed by atoms with Crippen molar-refractivity contribution in [1.82, 2.24) is 4.90 Å². The van der Waals surface area contributed by atoms with Gasteiger partial charge in [-0.15, -0.1) is 0 Å². The average molecular weight is 501 g/mol. The topological polar surface area (TPSA) is 40.5 Å². The molecule has 3 saturated carbocycles. The summed E-state index contributed by atoms with van der Waals surface area (Å²) >= 11 is 0. The highest BCUT2D eigenvalue weighted by atomic mass is 19.4. The summed E-state index contributed by atoms with van der Waals surface area (Å²) in [4.78, 5) is 12.8. The Morgan fingerprint density at radius 3 is 2.36 bits per heavy atom. The maximum absolute atomic E-state index is 15.6.